The predicted molar refractivity (Wildman–Crippen MR) is 124 cm³/mol. The lowest BCUT2D eigenvalue weighted by atomic mass is 9.78. The molecule has 0 spiro atoms. The molecule has 1 heteroatoms. The largest absolute Gasteiger partial charge is 0.206 e. The SMILES string of the molecule is CCCC1CCC(CCc2ccc(-c3ccc(C(C)CCC)cc3F)cc2)CC1. The van der Waals surface area contributed by atoms with Gasteiger partial charge in [0.2, 0.25) is 0 Å². The van der Waals surface area contributed by atoms with Crippen LogP contribution >= 0.6 is 0 Å². The second-order valence-electron chi connectivity index (χ2n) is 9.34. The minimum atomic E-state index is -0.0953. The van der Waals surface area contributed by atoms with Crippen molar-refractivity contribution in [2.24, 2.45) is 11.8 Å². The van der Waals surface area contributed by atoms with Gasteiger partial charge in [0.15, 0.2) is 0 Å². The normalized spacial score (nSPS) is 20.6. The van der Waals surface area contributed by atoms with E-state index in [1.54, 1.807) is 6.07 Å². The first-order valence-electron chi connectivity index (χ1n) is 12.0. The molecule has 0 nitrogen and oxygen atoms in total. The monoisotopic (exact) mass is 394 g/mol. The van der Waals surface area contributed by atoms with Gasteiger partial charge in [-0.25, -0.2) is 4.39 Å². The van der Waals surface area contributed by atoms with E-state index in [-0.39, 0.29) is 5.82 Å². The molecule has 1 atom stereocenters. The minimum absolute atomic E-state index is 0.0953. The molecule has 29 heavy (non-hydrogen) atoms. The first-order valence-corrected chi connectivity index (χ1v) is 12.0. The highest BCUT2D eigenvalue weighted by Gasteiger charge is 2.20. The van der Waals surface area contributed by atoms with Crippen LogP contribution < -0.4 is 0 Å². The van der Waals surface area contributed by atoms with Gasteiger partial charge in [-0.2, -0.15) is 0 Å². The van der Waals surface area contributed by atoms with Crippen molar-refractivity contribution in [1.29, 1.82) is 0 Å². The first-order chi connectivity index (χ1) is 14.1. The Hall–Kier alpha value is -1.63. The predicted octanol–water partition coefficient (Wildman–Crippen LogP) is 8.94. The van der Waals surface area contributed by atoms with Gasteiger partial charge in [-0.05, 0) is 59.8 Å². The molecular weight excluding hydrogens is 355 g/mol. The molecule has 0 aromatic heterocycles. The lowest BCUT2D eigenvalue weighted by Crippen LogP contribution is -2.15. The number of benzene rings is 2. The Labute approximate surface area is 177 Å². The Kier molecular flexibility index (Phi) is 8.33. The van der Waals surface area contributed by atoms with Crippen molar-refractivity contribution in [2.45, 2.75) is 90.9 Å². The third-order valence-electron chi connectivity index (χ3n) is 7.05. The molecule has 3 rings (SSSR count). The maximum atomic E-state index is 14.7. The second kappa shape index (κ2) is 11.0. The Balaban J connectivity index is 1.55. The minimum Gasteiger partial charge on any atom is -0.206 e. The Morgan fingerprint density at radius 2 is 1.52 bits per heavy atom. The summed E-state index contributed by atoms with van der Waals surface area (Å²) in [6, 6.07) is 14.4. The van der Waals surface area contributed by atoms with Gasteiger partial charge in [0.1, 0.15) is 5.82 Å². The van der Waals surface area contributed by atoms with Crippen LogP contribution in [0.5, 0.6) is 0 Å². The molecule has 1 aliphatic rings. The summed E-state index contributed by atoms with van der Waals surface area (Å²) in [5, 5.41) is 0. The average Bonchev–Trinajstić information content (AvgIpc) is 2.74. The van der Waals surface area contributed by atoms with Crippen LogP contribution in [0.1, 0.15) is 95.6 Å². The van der Waals surface area contributed by atoms with Crippen LogP contribution in [0.4, 0.5) is 4.39 Å². The number of halogens is 1. The fourth-order valence-electron chi connectivity index (χ4n) is 5.11. The van der Waals surface area contributed by atoms with Crippen LogP contribution in [-0.4, -0.2) is 0 Å². The van der Waals surface area contributed by atoms with Crippen LogP contribution in [-0.2, 0) is 6.42 Å². The van der Waals surface area contributed by atoms with E-state index in [1.807, 2.05) is 6.07 Å². The first kappa shape index (κ1) is 22.1. The topological polar surface area (TPSA) is 0 Å². The summed E-state index contributed by atoms with van der Waals surface area (Å²) >= 11 is 0. The van der Waals surface area contributed by atoms with Gasteiger partial charge in [-0.1, -0.05) is 102 Å². The highest BCUT2D eigenvalue weighted by atomic mass is 19.1. The van der Waals surface area contributed by atoms with Crippen LogP contribution in [0, 0.1) is 17.7 Å². The maximum Gasteiger partial charge on any atom is 0.131 e. The van der Waals surface area contributed by atoms with Crippen LogP contribution in [0.3, 0.4) is 0 Å². The molecule has 0 saturated heterocycles. The summed E-state index contributed by atoms with van der Waals surface area (Å²) < 4.78 is 14.7. The van der Waals surface area contributed by atoms with Crippen molar-refractivity contribution in [3.63, 3.8) is 0 Å². The zero-order chi connectivity index (χ0) is 20.6. The Morgan fingerprint density at radius 1 is 0.862 bits per heavy atom. The Morgan fingerprint density at radius 3 is 2.10 bits per heavy atom. The summed E-state index contributed by atoms with van der Waals surface area (Å²) in [6.45, 7) is 6.67. The number of rotatable bonds is 9. The Bertz CT molecular complexity index is 737. The lowest BCUT2D eigenvalue weighted by Gasteiger charge is -2.28. The van der Waals surface area contributed by atoms with Gasteiger partial charge in [0.05, 0.1) is 0 Å². The molecule has 0 aliphatic heterocycles. The number of aryl methyl sites for hydroxylation is 1. The molecule has 2 aromatic carbocycles. The van der Waals surface area contributed by atoms with Crippen molar-refractivity contribution in [1.82, 2.24) is 0 Å². The second-order valence-corrected chi connectivity index (χ2v) is 9.34. The third-order valence-corrected chi connectivity index (χ3v) is 7.05. The number of hydrogen-bond donors (Lipinski definition) is 0. The molecule has 1 fully saturated rings. The highest BCUT2D eigenvalue weighted by Crippen LogP contribution is 2.34. The molecule has 1 aliphatic carbocycles. The van der Waals surface area contributed by atoms with E-state index in [2.05, 4.69) is 51.1 Å². The fourth-order valence-corrected chi connectivity index (χ4v) is 5.11. The average molecular weight is 395 g/mol. The molecule has 0 bridgehead atoms. The molecule has 1 unspecified atom stereocenters. The molecular formula is C28H39F. The highest BCUT2D eigenvalue weighted by molar-refractivity contribution is 5.65. The summed E-state index contributed by atoms with van der Waals surface area (Å²) in [5.74, 6) is 2.21. The van der Waals surface area contributed by atoms with Crippen molar-refractivity contribution in [2.75, 3.05) is 0 Å². The fraction of sp³-hybridized carbons (Fsp3) is 0.571. The summed E-state index contributed by atoms with van der Waals surface area (Å²) in [7, 11) is 0. The van der Waals surface area contributed by atoms with Crippen molar-refractivity contribution >= 4 is 0 Å². The van der Waals surface area contributed by atoms with E-state index in [0.29, 0.717) is 5.92 Å². The van der Waals surface area contributed by atoms with Gasteiger partial charge in [-0.3, -0.25) is 0 Å². The summed E-state index contributed by atoms with van der Waals surface area (Å²) in [6.07, 6.45) is 13.1. The number of hydrogen-bond acceptors (Lipinski definition) is 0. The molecule has 2 aromatic rings. The van der Waals surface area contributed by atoms with Crippen LogP contribution in [0.15, 0.2) is 42.5 Å². The molecule has 158 valence electrons. The van der Waals surface area contributed by atoms with E-state index >= 15 is 0 Å². The third kappa shape index (κ3) is 6.17. The molecule has 1 saturated carbocycles. The van der Waals surface area contributed by atoms with E-state index in [0.717, 1.165) is 47.8 Å². The zero-order valence-corrected chi connectivity index (χ0v) is 18.7. The standard InChI is InChI=1S/C28H39F/c1-4-6-21(3)26-18-19-27(28(29)20-26)25-16-14-24(15-17-25)13-12-23-10-8-22(7-5-2)9-11-23/h14-23H,4-13H2,1-3H3. The quantitative estimate of drug-likeness (QED) is 0.398. The van der Waals surface area contributed by atoms with E-state index in [9.17, 15) is 4.39 Å². The van der Waals surface area contributed by atoms with Crippen LogP contribution in [0.2, 0.25) is 0 Å². The van der Waals surface area contributed by atoms with E-state index in [4.69, 9.17) is 0 Å². The van der Waals surface area contributed by atoms with Gasteiger partial charge >= 0.3 is 0 Å². The smallest absolute Gasteiger partial charge is 0.131 e. The zero-order valence-electron chi connectivity index (χ0n) is 18.7. The summed E-state index contributed by atoms with van der Waals surface area (Å²) in [4.78, 5) is 0. The molecule has 0 radical (unpaired) electrons. The molecule has 0 amide bonds. The molecule has 0 N–H and O–H groups in total. The van der Waals surface area contributed by atoms with Gasteiger partial charge in [0.25, 0.3) is 0 Å². The van der Waals surface area contributed by atoms with Crippen molar-refractivity contribution < 1.29 is 4.39 Å². The van der Waals surface area contributed by atoms with Gasteiger partial charge in [-0.15, -0.1) is 0 Å². The molecule has 0 heterocycles. The maximum absolute atomic E-state index is 14.7. The van der Waals surface area contributed by atoms with E-state index in [1.165, 1.54) is 50.5 Å². The van der Waals surface area contributed by atoms with Crippen molar-refractivity contribution in [3.8, 4) is 11.1 Å². The van der Waals surface area contributed by atoms with Crippen LogP contribution in [0.25, 0.3) is 11.1 Å². The van der Waals surface area contributed by atoms with Gasteiger partial charge in [0, 0.05) is 5.56 Å². The lowest BCUT2D eigenvalue weighted by molar-refractivity contribution is 0.252. The van der Waals surface area contributed by atoms with Crippen molar-refractivity contribution in [3.05, 3.63) is 59.4 Å². The van der Waals surface area contributed by atoms with Gasteiger partial charge < -0.3 is 0 Å². The summed E-state index contributed by atoms with van der Waals surface area (Å²) in [5.41, 5.74) is 4.20. The van der Waals surface area contributed by atoms with E-state index < -0.39 is 0 Å².